The molecule has 0 fully saturated rings. The summed E-state index contributed by atoms with van der Waals surface area (Å²) in [7, 11) is 0. The second-order valence-electron chi connectivity index (χ2n) is 20.0. The Morgan fingerprint density at radius 2 is 0.582 bits per heavy atom. The van der Waals surface area contributed by atoms with Gasteiger partial charge < -0.3 is 13.7 Å². The van der Waals surface area contributed by atoms with Crippen molar-refractivity contribution in [3.8, 4) is 85.4 Å². The predicted molar refractivity (Wildman–Crippen MR) is 322 cm³/mol. The summed E-state index contributed by atoms with van der Waals surface area (Å²) in [6, 6.07) is 95.9. The maximum absolute atomic E-state index is 9.92. The maximum atomic E-state index is 9.92. The quantitative estimate of drug-likeness (QED) is 0.152. The van der Waals surface area contributed by atoms with Crippen molar-refractivity contribution in [3.05, 3.63) is 272 Å². The number of hydrogen-bond acceptors (Lipinski definition) is 4. The van der Waals surface area contributed by atoms with Crippen LogP contribution in [0.15, 0.2) is 261 Å². The molecule has 0 saturated carbocycles. The van der Waals surface area contributed by atoms with E-state index in [4.69, 9.17) is 9.97 Å². The molecule has 4 heterocycles. The number of aromatic nitrogens is 5. The van der Waals surface area contributed by atoms with E-state index in [1.54, 1.807) is 0 Å². The van der Waals surface area contributed by atoms with Gasteiger partial charge in [0.05, 0.1) is 67.8 Å². The molecule has 0 bridgehead atoms. The summed E-state index contributed by atoms with van der Waals surface area (Å²) in [5.74, 6) is 0.700. The van der Waals surface area contributed by atoms with Crippen LogP contribution in [0, 0.1) is 22.7 Å². The highest BCUT2D eigenvalue weighted by Crippen LogP contribution is 2.41. The lowest BCUT2D eigenvalue weighted by Gasteiger charge is -2.12. The fourth-order valence-electron chi connectivity index (χ4n) is 11.8. The summed E-state index contributed by atoms with van der Waals surface area (Å²) in [6.07, 6.45) is 0. The van der Waals surface area contributed by atoms with E-state index in [9.17, 15) is 10.5 Å². The highest BCUT2D eigenvalue weighted by atomic mass is 15.0. The van der Waals surface area contributed by atoms with Crippen LogP contribution in [-0.4, -0.2) is 23.7 Å². The zero-order valence-corrected chi connectivity index (χ0v) is 42.5. The zero-order chi connectivity index (χ0) is 52.6. The highest BCUT2D eigenvalue weighted by Gasteiger charge is 2.20. The number of hydrogen-bond donors (Lipinski definition) is 0. The van der Waals surface area contributed by atoms with Crippen LogP contribution in [-0.2, 0) is 0 Å². The lowest BCUT2D eigenvalue weighted by atomic mass is 9.98. The van der Waals surface area contributed by atoms with Gasteiger partial charge >= 0.3 is 0 Å². The molecular weight excluding hydrogens is 963 g/mol. The van der Waals surface area contributed by atoms with Crippen molar-refractivity contribution in [1.29, 1.82) is 10.5 Å². The summed E-state index contributed by atoms with van der Waals surface area (Å²) in [6.45, 7) is 0. The standard InChI is InChI=1S/C72H43N7/c73-44-46-19-35-68-60(39-46)61-40-47(45-74)20-36-69(61)79(68)57-34-38-71-63(42-57)62-41-56(78-66-17-9-7-15-58(66)59-16-8-10-18-67(59)78)33-37-70(62)77(71)55-31-29-51(30-32-55)49-23-21-48(22-24-49)50-25-27-53(28-26-50)65-43-64(52-11-3-1-4-12-52)75-72(76-65)54-13-5-2-6-14-54/h1-43H. The average Bonchev–Trinajstić information content (AvgIpc) is 4.17. The number of rotatable bonds is 8. The van der Waals surface area contributed by atoms with Crippen molar-refractivity contribution in [1.82, 2.24) is 23.7 Å². The van der Waals surface area contributed by atoms with Gasteiger partial charge in [-0.2, -0.15) is 10.5 Å². The Labute approximate surface area is 454 Å². The fraction of sp³-hybridized carbons (Fsp3) is 0. The third-order valence-electron chi connectivity index (χ3n) is 15.5. The second kappa shape index (κ2) is 18.3. The molecule has 11 aromatic carbocycles. The molecule has 0 aliphatic carbocycles. The van der Waals surface area contributed by atoms with E-state index in [-0.39, 0.29) is 0 Å². The van der Waals surface area contributed by atoms with Gasteiger partial charge in [0.1, 0.15) is 0 Å². The molecule has 0 radical (unpaired) electrons. The Balaban J connectivity index is 0.802. The highest BCUT2D eigenvalue weighted by molar-refractivity contribution is 6.14. The van der Waals surface area contributed by atoms with Crippen LogP contribution in [0.2, 0.25) is 0 Å². The number of para-hydroxylation sites is 2. The summed E-state index contributed by atoms with van der Waals surface area (Å²) >= 11 is 0. The predicted octanol–water partition coefficient (Wildman–Crippen LogP) is 17.8. The molecule has 7 heteroatoms. The van der Waals surface area contributed by atoms with Crippen LogP contribution in [0.3, 0.4) is 0 Å². The number of fused-ring (bicyclic) bond motifs is 9. The second-order valence-corrected chi connectivity index (χ2v) is 20.0. The molecule has 0 N–H and O–H groups in total. The van der Waals surface area contributed by atoms with E-state index in [1.165, 1.54) is 10.8 Å². The third kappa shape index (κ3) is 7.57. The van der Waals surface area contributed by atoms with Crippen LogP contribution < -0.4 is 0 Å². The summed E-state index contributed by atoms with van der Waals surface area (Å²) in [4.78, 5) is 10.0. The minimum atomic E-state index is 0.575. The molecule has 0 atom stereocenters. The van der Waals surface area contributed by atoms with E-state index in [0.29, 0.717) is 17.0 Å². The first-order valence-corrected chi connectivity index (χ1v) is 26.3. The van der Waals surface area contributed by atoms with Crippen LogP contribution >= 0.6 is 0 Å². The normalized spacial score (nSPS) is 11.5. The van der Waals surface area contributed by atoms with Crippen molar-refractivity contribution in [2.24, 2.45) is 0 Å². The SMILES string of the molecule is N#Cc1ccc2c(c1)c1cc(C#N)ccc1n2-c1ccc2c(c1)c1cc(-n3c4ccccc4c4ccccc43)ccc1n2-c1ccc(-c2ccc(-c3ccc(-c4cc(-c5ccccc5)nc(-c5ccccc5)n4)cc3)cc2)cc1. The molecule has 366 valence electrons. The molecule has 0 unspecified atom stereocenters. The van der Waals surface area contributed by atoms with E-state index in [2.05, 4.69) is 214 Å². The van der Waals surface area contributed by atoms with Gasteiger partial charge in [-0.05, 0) is 125 Å². The first kappa shape index (κ1) is 45.3. The van der Waals surface area contributed by atoms with Gasteiger partial charge in [-0.3, -0.25) is 0 Å². The molecule has 0 aliphatic rings. The average molecular weight is 1010 g/mol. The van der Waals surface area contributed by atoms with Crippen LogP contribution in [0.5, 0.6) is 0 Å². The molecule has 0 saturated heterocycles. The van der Waals surface area contributed by atoms with E-state index in [1.807, 2.05) is 72.8 Å². The largest absolute Gasteiger partial charge is 0.309 e. The lowest BCUT2D eigenvalue weighted by Crippen LogP contribution is -1.96. The van der Waals surface area contributed by atoms with E-state index in [0.717, 1.165) is 122 Å². The van der Waals surface area contributed by atoms with Gasteiger partial charge in [-0.25, -0.2) is 9.97 Å². The Hall–Kier alpha value is -11.1. The van der Waals surface area contributed by atoms with Gasteiger partial charge in [0.2, 0.25) is 0 Å². The van der Waals surface area contributed by atoms with Gasteiger partial charge in [-0.15, -0.1) is 0 Å². The Bertz CT molecular complexity index is 4810. The smallest absolute Gasteiger partial charge is 0.160 e. The number of benzene rings is 11. The molecule has 0 aliphatic heterocycles. The van der Waals surface area contributed by atoms with Gasteiger partial charge in [0, 0.05) is 66.1 Å². The Morgan fingerprint density at radius 3 is 1.04 bits per heavy atom. The monoisotopic (exact) mass is 1010 g/mol. The van der Waals surface area contributed by atoms with E-state index < -0.39 is 0 Å². The summed E-state index contributed by atoms with van der Waals surface area (Å²) in [5.41, 5.74) is 20.0. The van der Waals surface area contributed by atoms with Crippen molar-refractivity contribution >= 4 is 65.4 Å². The van der Waals surface area contributed by atoms with Crippen LogP contribution in [0.4, 0.5) is 0 Å². The first-order chi connectivity index (χ1) is 39.0. The van der Waals surface area contributed by atoms with Crippen molar-refractivity contribution in [2.45, 2.75) is 0 Å². The summed E-state index contributed by atoms with van der Waals surface area (Å²) < 4.78 is 7.00. The maximum Gasteiger partial charge on any atom is 0.160 e. The van der Waals surface area contributed by atoms with Crippen molar-refractivity contribution in [3.63, 3.8) is 0 Å². The van der Waals surface area contributed by atoms with Crippen LogP contribution in [0.25, 0.3) is 139 Å². The first-order valence-electron chi connectivity index (χ1n) is 26.3. The Kier molecular flexibility index (Phi) is 10.5. The molecule has 7 nitrogen and oxygen atoms in total. The van der Waals surface area contributed by atoms with Gasteiger partial charge in [-0.1, -0.05) is 158 Å². The molecule has 0 amide bonds. The fourth-order valence-corrected chi connectivity index (χ4v) is 11.8. The summed E-state index contributed by atoms with van der Waals surface area (Å²) in [5, 5.41) is 26.3. The molecular formula is C72H43N7. The molecule has 15 aromatic rings. The van der Waals surface area contributed by atoms with E-state index >= 15 is 0 Å². The van der Waals surface area contributed by atoms with Crippen LogP contribution in [0.1, 0.15) is 11.1 Å². The minimum absolute atomic E-state index is 0.575. The van der Waals surface area contributed by atoms with Gasteiger partial charge in [0.25, 0.3) is 0 Å². The third-order valence-corrected chi connectivity index (χ3v) is 15.5. The number of nitriles is 2. The zero-order valence-electron chi connectivity index (χ0n) is 42.5. The molecule has 79 heavy (non-hydrogen) atoms. The minimum Gasteiger partial charge on any atom is -0.309 e. The Morgan fingerprint density at radius 1 is 0.253 bits per heavy atom. The number of nitrogens with zero attached hydrogens (tertiary/aromatic N) is 7. The lowest BCUT2D eigenvalue weighted by molar-refractivity contribution is 1.16. The topological polar surface area (TPSA) is 88.1 Å². The molecule has 0 spiro atoms. The van der Waals surface area contributed by atoms with Crippen molar-refractivity contribution in [2.75, 3.05) is 0 Å². The van der Waals surface area contributed by atoms with Gasteiger partial charge in [0.15, 0.2) is 5.82 Å². The molecule has 4 aromatic heterocycles. The van der Waals surface area contributed by atoms with Crippen molar-refractivity contribution < 1.29 is 0 Å². The molecule has 15 rings (SSSR count).